The average Bonchev–Trinajstić information content (AvgIpc) is 2.83. The Kier molecular flexibility index (Phi) is 9.70. The Morgan fingerprint density at radius 1 is 1.00 bits per heavy atom. The van der Waals surface area contributed by atoms with E-state index >= 15 is 0 Å². The van der Waals surface area contributed by atoms with E-state index < -0.39 is 28.1 Å². The first-order valence-corrected chi connectivity index (χ1v) is 12.5. The molecule has 0 spiro atoms. The Hall–Kier alpha value is -3.32. The summed E-state index contributed by atoms with van der Waals surface area (Å²) in [4.78, 5) is 25.4. The van der Waals surface area contributed by atoms with Crippen LogP contribution in [0.3, 0.4) is 0 Å². The van der Waals surface area contributed by atoms with Crippen LogP contribution in [-0.4, -0.2) is 74.4 Å². The minimum atomic E-state index is -5.08. The van der Waals surface area contributed by atoms with Gasteiger partial charge in [0.25, 0.3) is 10.0 Å². The van der Waals surface area contributed by atoms with Crippen LogP contribution in [0.4, 0.5) is 24.5 Å². The minimum Gasteiger partial charge on any atom is -0.478 e. The maximum absolute atomic E-state index is 12.9. The second-order valence-electron chi connectivity index (χ2n) is 7.83. The first kappa shape index (κ1) is 28.9. The molecule has 1 heterocycles. The predicted molar refractivity (Wildman–Crippen MR) is 128 cm³/mol. The number of hydrogen-bond acceptors (Lipinski definition) is 6. The lowest BCUT2D eigenvalue weighted by Crippen LogP contribution is -2.46. The molecule has 9 nitrogen and oxygen atoms in total. The zero-order valence-corrected chi connectivity index (χ0v) is 20.6. The van der Waals surface area contributed by atoms with E-state index in [9.17, 15) is 31.5 Å². The molecule has 198 valence electrons. The lowest BCUT2D eigenvalue weighted by molar-refractivity contribution is -0.192. The van der Waals surface area contributed by atoms with Crippen LogP contribution in [0.2, 0.25) is 0 Å². The number of benzene rings is 2. The molecule has 13 heteroatoms. The third-order valence-electron chi connectivity index (χ3n) is 5.55. The normalized spacial score (nSPS) is 14.5. The molecule has 0 saturated carbocycles. The number of carbonyl (C=O) groups is 2. The number of hydrogen-bond donors (Lipinski definition) is 3. The molecule has 36 heavy (non-hydrogen) atoms. The van der Waals surface area contributed by atoms with Crippen molar-refractivity contribution in [3.63, 3.8) is 0 Å². The standard InChI is InChI=1S/C21H27N3O4S.C2HF3O2/c1-3-16-7-5-6-8-20(16)29(27,28)22-19-10-9-17(15-18(19)21(25)26)24-13-11-23(4-2)12-14-24;3-2(4,5)1(6)7/h5-10,15,22H,3-4,11-14H2,1-2H3,(H,25,26);(H,6,7). The number of nitrogens with zero attached hydrogens (tertiary/aromatic N) is 2. The molecule has 0 atom stereocenters. The number of carboxylic acids is 2. The molecule has 0 bridgehead atoms. The summed E-state index contributed by atoms with van der Waals surface area (Å²) in [5.41, 5.74) is 1.48. The molecule has 3 N–H and O–H groups in total. The van der Waals surface area contributed by atoms with Crippen molar-refractivity contribution in [2.75, 3.05) is 42.3 Å². The van der Waals surface area contributed by atoms with Crippen molar-refractivity contribution in [3.05, 3.63) is 53.6 Å². The van der Waals surface area contributed by atoms with Gasteiger partial charge in [-0.3, -0.25) is 4.72 Å². The third kappa shape index (κ3) is 7.59. The van der Waals surface area contributed by atoms with Crippen LogP contribution in [0.15, 0.2) is 47.4 Å². The van der Waals surface area contributed by atoms with E-state index in [1.165, 1.54) is 12.1 Å². The maximum Gasteiger partial charge on any atom is 0.490 e. The second-order valence-corrected chi connectivity index (χ2v) is 9.48. The summed E-state index contributed by atoms with van der Waals surface area (Å²) in [5, 5.41) is 16.8. The summed E-state index contributed by atoms with van der Waals surface area (Å²) >= 11 is 0. The van der Waals surface area contributed by atoms with Crippen LogP contribution in [-0.2, 0) is 21.2 Å². The summed E-state index contributed by atoms with van der Waals surface area (Å²) in [7, 11) is -3.89. The zero-order chi connectivity index (χ0) is 27.1. The fourth-order valence-corrected chi connectivity index (χ4v) is 4.97. The summed E-state index contributed by atoms with van der Waals surface area (Å²) < 4.78 is 60.0. The van der Waals surface area contributed by atoms with Gasteiger partial charge in [0.1, 0.15) is 0 Å². The van der Waals surface area contributed by atoms with Gasteiger partial charge in [0.15, 0.2) is 0 Å². The molecule has 1 aliphatic rings. The molecule has 0 radical (unpaired) electrons. The fourth-order valence-electron chi connectivity index (χ4n) is 3.57. The van der Waals surface area contributed by atoms with Gasteiger partial charge >= 0.3 is 18.1 Å². The number of piperazine rings is 1. The van der Waals surface area contributed by atoms with Crippen molar-refractivity contribution < 1.29 is 41.4 Å². The molecular weight excluding hydrogens is 503 g/mol. The van der Waals surface area contributed by atoms with Crippen molar-refractivity contribution in [2.45, 2.75) is 31.3 Å². The van der Waals surface area contributed by atoms with Crippen LogP contribution in [0, 0.1) is 0 Å². The van der Waals surface area contributed by atoms with Crippen molar-refractivity contribution in [3.8, 4) is 0 Å². The monoisotopic (exact) mass is 531 g/mol. The Morgan fingerprint density at radius 3 is 2.08 bits per heavy atom. The highest BCUT2D eigenvalue weighted by Crippen LogP contribution is 2.27. The Morgan fingerprint density at radius 2 is 1.58 bits per heavy atom. The van der Waals surface area contributed by atoms with Crippen LogP contribution in [0.1, 0.15) is 29.8 Å². The van der Waals surface area contributed by atoms with Crippen LogP contribution in [0.25, 0.3) is 0 Å². The van der Waals surface area contributed by atoms with E-state index in [0.29, 0.717) is 12.0 Å². The topological polar surface area (TPSA) is 127 Å². The van der Waals surface area contributed by atoms with Gasteiger partial charge < -0.3 is 20.0 Å². The molecule has 0 aromatic heterocycles. The third-order valence-corrected chi connectivity index (χ3v) is 7.01. The number of likely N-dealkylation sites (N-methyl/N-ethyl adjacent to an activating group) is 1. The van der Waals surface area contributed by atoms with Gasteiger partial charge in [0, 0.05) is 31.9 Å². The highest BCUT2D eigenvalue weighted by Gasteiger charge is 2.38. The number of anilines is 2. The first-order chi connectivity index (χ1) is 16.8. The van der Waals surface area contributed by atoms with Gasteiger partial charge in [-0.15, -0.1) is 0 Å². The van der Waals surface area contributed by atoms with Gasteiger partial charge in [0.2, 0.25) is 0 Å². The van der Waals surface area contributed by atoms with Crippen LogP contribution >= 0.6 is 0 Å². The van der Waals surface area contributed by atoms with Crippen LogP contribution < -0.4 is 9.62 Å². The number of alkyl halides is 3. The lowest BCUT2D eigenvalue weighted by Gasteiger charge is -2.35. The number of aliphatic carboxylic acids is 1. The summed E-state index contributed by atoms with van der Waals surface area (Å²) in [6, 6.07) is 11.6. The smallest absolute Gasteiger partial charge is 0.478 e. The van der Waals surface area contributed by atoms with Crippen molar-refractivity contribution in [2.24, 2.45) is 0 Å². The fraction of sp³-hybridized carbons (Fsp3) is 0.391. The number of aromatic carboxylic acids is 1. The molecule has 1 aliphatic heterocycles. The molecule has 0 unspecified atom stereocenters. The van der Waals surface area contributed by atoms with E-state index in [0.717, 1.165) is 38.4 Å². The quantitative estimate of drug-likeness (QED) is 0.495. The summed E-state index contributed by atoms with van der Waals surface area (Å²) in [6.07, 6.45) is -4.52. The van der Waals surface area contributed by atoms with Gasteiger partial charge in [-0.25, -0.2) is 18.0 Å². The Bertz CT molecular complexity index is 1180. The number of halogens is 3. The highest BCUT2D eigenvalue weighted by molar-refractivity contribution is 7.92. The van der Waals surface area contributed by atoms with Gasteiger partial charge in [-0.1, -0.05) is 32.0 Å². The molecule has 2 aromatic rings. The summed E-state index contributed by atoms with van der Waals surface area (Å²) in [5.74, 6) is -3.92. The van der Waals surface area contributed by atoms with Gasteiger partial charge in [-0.05, 0) is 42.8 Å². The lowest BCUT2D eigenvalue weighted by atomic mass is 10.1. The molecule has 2 aromatic carbocycles. The van der Waals surface area contributed by atoms with Crippen molar-refractivity contribution in [1.82, 2.24) is 4.90 Å². The summed E-state index contributed by atoms with van der Waals surface area (Å²) in [6.45, 7) is 8.44. The average molecular weight is 532 g/mol. The van der Waals surface area contributed by atoms with E-state index in [4.69, 9.17) is 9.90 Å². The number of nitrogens with one attached hydrogen (secondary N) is 1. The Balaban J connectivity index is 0.000000572. The molecule has 0 aliphatic carbocycles. The van der Waals surface area contributed by atoms with Crippen LogP contribution in [0.5, 0.6) is 0 Å². The van der Waals surface area contributed by atoms with Gasteiger partial charge in [0.05, 0.1) is 16.1 Å². The largest absolute Gasteiger partial charge is 0.490 e. The van der Waals surface area contributed by atoms with E-state index in [1.54, 1.807) is 30.3 Å². The second kappa shape index (κ2) is 12.1. The number of aryl methyl sites for hydroxylation is 1. The number of rotatable bonds is 7. The zero-order valence-electron chi connectivity index (χ0n) is 19.7. The van der Waals surface area contributed by atoms with E-state index in [2.05, 4.69) is 21.4 Å². The number of carboxylic acid groups (broad SMARTS) is 2. The van der Waals surface area contributed by atoms with Gasteiger partial charge in [-0.2, -0.15) is 13.2 Å². The van der Waals surface area contributed by atoms with Crippen molar-refractivity contribution in [1.29, 1.82) is 0 Å². The molecule has 3 rings (SSSR count). The van der Waals surface area contributed by atoms with Crippen molar-refractivity contribution >= 4 is 33.3 Å². The predicted octanol–water partition coefficient (Wildman–Crippen LogP) is 3.52. The highest BCUT2D eigenvalue weighted by atomic mass is 32.2. The molecular formula is C23H28F3N3O6S. The van der Waals surface area contributed by atoms with E-state index in [1.807, 2.05) is 6.92 Å². The maximum atomic E-state index is 12.9. The van der Waals surface area contributed by atoms with E-state index in [-0.39, 0.29) is 16.1 Å². The first-order valence-electron chi connectivity index (χ1n) is 11.1. The number of sulfonamides is 1. The molecule has 1 saturated heterocycles. The SMILES string of the molecule is CCc1ccccc1S(=O)(=O)Nc1ccc(N2CCN(CC)CC2)cc1C(=O)O.O=C(O)C(F)(F)F. The molecule has 1 fully saturated rings. The minimum absolute atomic E-state index is 0.0574. The molecule has 0 amide bonds. The Labute approximate surface area is 207 Å².